The molecule has 3 atom stereocenters. The van der Waals surface area contributed by atoms with Gasteiger partial charge in [0.05, 0.1) is 24.8 Å². The van der Waals surface area contributed by atoms with Gasteiger partial charge in [-0.2, -0.15) is 0 Å². The highest BCUT2D eigenvalue weighted by Gasteiger charge is 2.50. The number of likely N-dealkylation sites (tertiary alicyclic amines) is 1. The van der Waals surface area contributed by atoms with Crippen molar-refractivity contribution in [2.45, 2.75) is 83.6 Å². The number of carbonyl (C=O) groups is 1. The Labute approximate surface area is 374 Å². The van der Waals surface area contributed by atoms with E-state index < -0.39 is 19.7 Å². The number of rotatable bonds is 16. The smallest absolute Gasteiger partial charge is 0.270 e. The number of nitrogens with one attached hydrogen (secondary N) is 1. The minimum atomic E-state index is -2.84. The summed E-state index contributed by atoms with van der Waals surface area (Å²) in [6, 6.07) is 41.8. The van der Waals surface area contributed by atoms with Gasteiger partial charge in [-0.15, -0.1) is 4.31 Å². The van der Waals surface area contributed by atoms with Crippen molar-refractivity contribution in [2.75, 3.05) is 46.1 Å². The lowest BCUT2D eigenvalue weighted by Gasteiger charge is -2.43. The fraction of sp³-hybridized carbons (Fsp3) is 0.385. The molecular formula is C52H63N5O3SSi. The van der Waals surface area contributed by atoms with E-state index >= 15 is 0 Å². The number of fused-ring (bicyclic) bond motifs is 1. The molecule has 0 radical (unpaired) electrons. The summed E-state index contributed by atoms with van der Waals surface area (Å²) in [4.78, 5) is 24.0. The highest BCUT2D eigenvalue weighted by Crippen LogP contribution is 2.44. The number of pyridine rings is 1. The molecule has 0 spiro atoms. The highest BCUT2D eigenvalue weighted by molar-refractivity contribution is 7.89. The van der Waals surface area contributed by atoms with Crippen LogP contribution < -0.4 is 15.7 Å². The van der Waals surface area contributed by atoms with Crippen LogP contribution in [0.2, 0.25) is 5.04 Å². The Morgan fingerprint density at radius 1 is 0.952 bits per heavy atom. The Kier molecular flexibility index (Phi) is 15.2. The van der Waals surface area contributed by atoms with Gasteiger partial charge in [-0.1, -0.05) is 149 Å². The minimum Gasteiger partial charge on any atom is -0.598 e. The number of unbranched alkanes of at least 4 members (excludes halogenated alkanes) is 1. The van der Waals surface area contributed by atoms with Crippen LogP contribution in [0.3, 0.4) is 0 Å². The SMILES string of the molecule is CCCC[S+]([O-])N1Cc2cc(C(=O)N[C@@H]3CCN(Cc4ccccc4)C3)nc(-c3cccc(C#CCN(C)C)c3)c2[C@H]1CCO[Si](c1ccccc1)(c1ccccc1)C(C)(C)C. The first-order valence-electron chi connectivity index (χ1n) is 22.2. The largest absolute Gasteiger partial charge is 0.598 e. The van der Waals surface area contributed by atoms with Gasteiger partial charge in [0, 0.05) is 60.3 Å². The number of aromatic nitrogens is 1. The van der Waals surface area contributed by atoms with Crippen molar-refractivity contribution in [1.29, 1.82) is 0 Å². The summed E-state index contributed by atoms with van der Waals surface area (Å²) in [5, 5.41) is 5.61. The van der Waals surface area contributed by atoms with Crippen LogP contribution in [-0.2, 0) is 28.9 Å². The highest BCUT2D eigenvalue weighted by atomic mass is 32.2. The Morgan fingerprint density at radius 2 is 1.63 bits per heavy atom. The lowest BCUT2D eigenvalue weighted by atomic mass is 9.95. The van der Waals surface area contributed by atoms with Crippen LogP contribution in [0.4, 0.5) is 0 Å². The summed E-state index contributed by atoms with van der Waals surface area (Å²) in [6.07, 6.45) is 3.30. The molecular weight excluding hydrogens is 803 g/mol. The van der Waals surface area contributed by atoms with Crippen LogP contribution in [0.15, 0.2) is 121 Å². The van der Waals surface area contributed by atoms with E-state index in [9.17, 15) is 9.35 Å². The summed E-state index contributed by atoms with van der Waals surface area (Å²) in [5.74, 6) is 7.01. The second-order valence-electron chi connectivity index (χ2n) is 18.0. The van der Waals surface area contributed by atoms with Crippen molar-refractivity contribution in [3.8, 4) is 23.1 Å². The second-order valence-corrected chi connectivity index (χ2v) is 23.8. The molecule has 1 saturated heterocycles. The van der Waals surface area contributed by atoms with Gasteiger partial charge >= 0.3 is 0 Å². The first-order chi connectivity index (χ1) is 30.0. The summed E-state index contributed by atoms with van der Waals surface area (Å²) >= 11 is -1.26. The van der Waals surface area contributed by atoms with E-state index in [4.69, 9.17) is 9.41 Å². The first kappa shape index (κ1) is 45.5. The molecule has 1 aromatic heterocycles. The van der Waals surface area contributed by atoms with Gasteiger partial charge in [-0.05, 0) is 78.1 Å². The second kappa shape index (κ2) is 20.7. The van der Waals surface area contributed by atoms with Crippen LogP contribution in [0, 0.1) is 11.8 Å². The van der Waals surface area contributed by atoms with E-state index in [1.807, 2.05) is 43.3 Å². The molecule has 7 rings (SSSR count). The van der Waals surface area contributed by atoms with Gasteiger partial charge in [0.1, 0.15) is 11.4 Å². The molecule has 0 bridgehead atoms. The normalized spacial score (nSPS) is 17.4. The summed E-state index contributed by atoms with van der Waals surface area (Å²) in [5.41, 5.74) is 6.17. The molecule has 8 nitrogen and oxygen atoms in total. The minimum absolute atomic E-state index is 0.0180. The van der Waals surface area contributed by atoms with E-state index in [1.165, 1.54) is 15.9 Å². The van der Waals surface area contributed by atoms with E-state index in [0.29, 0.717) is 37.6 Å². The van der Waals surface area contributed by atoms with Crippen molar-refractivity contribution in [2.24, 2.45) is 0 Å². The van der Waals surface area contributed by atoms with Crippen molar-refractivity contribution < 1.29 is 13.8 Å². The monoisotopic (exact) mass is 865 g/mol. The maximum absolute atomic E-state index is 14.4. The lowest BCUT2D eigenvalue weighted by molar-refractivity contribution is 0.0932. The average molecular weight is 866 g/mol. The van der Waals surface area contributed by atoms with Gasteiger partial charge in [0.2, 0.25) is 0 Å². The molecule has 1 fully saturated rings. The third-order valence-electron chi connectivity index (χ3n) is 12.1. The summed E-state index contributed by atoms with van der Waals surface area (Å²) < 4.78 is 24.0. The Morgan fingerprint density at radius 3 is 2.27 bits per heavy atom. The number of nitrogens with zero attached hydrogens (tertiary/aromatic N) is 4. The van der Waals surface area contributed by atoms with Crippen LogP contribution in [0.5, 0.6) is 0 Å². The molecule has 2 aliphatic heterocycles. The average Bonchev–Trinajstić information content (AvgIpc) is 3.88. The first-order valence-corrected chi connectivity index (χ1v) is 25.4. The topological polar surface area (TPSA) is 84.0 Å². The van der Waals surface area contributed by atoms with Crippen molar-refractivity contribution >= 4 is 36.0 Å². The zero-order valence-electron chi connectivity index (χ0n) is 37.4. The molecule has 2 aliphatic rings. The lowest BCUT2D eigenvalue weighted by Crippen LogP contribution is -2.66. The Bertz CT molecular complexity index is 2270. The van der Waals surface area contributed by atoms with E-state index in [2.05, 4.69) is 151 Å². The maximum Gasteiger partial charge on any atom is 0.270 e. The number of hydrogen-bond donors (Lipinski definition) is 1. The fourth-order valence-electron chi connectivity index (χ4n) is 9.08. The molecule has 0 saturated carbocycles. The van der Waals surface area contributed by atoms with Crippen LogP contribution >= 0.6 is 0 Å². The number of benzene rings is 4. The molecule has 4 aromatic carbocycles. The van der Waals surface area contributed by atoms with E-state index in [0.717, 1.165) is 66.8 Å². The van der Waals surface area contributed by atoms with E-state index in [1.54, 1.807) is 0 Å². The van der Waals surface area contributed by atoms with E-state index in [-0.39, 0.29) is 23.0 Å². The molecule has 1 amide bonds. The van der Waals surface area contributed by atoms with Gasteiger partial charge in [-0.25, -0.2) is 4.98 Å². The summed E-state index contributed by atoms with van der Waals surface area (Å²) in [6.45, 7) is 13.1. The van der Waals surface area contributed by atoms with Crippen molar-refractivity contribution in [1.82, 2.24) is 24.4 Å². The van der Waals surface area contributed by atoms with Gasteiger partial charge in [-0.3, -0.25) is 14.6 Å². The predicted octanol–water partition coefficient (Wildman–Crippen LogP) is 7.95. The third kappa shape index (κ3) is 10.6. The van der Waals surface area contributed by atoms with Crippen LogP contribution in [0.25, 0.3) is 11.3 Å². The number of hydrogen-bond acceptors (Lipinski definition) is 7. The quantitative estimate of drug-likeness (QED) is 0.0613. The molecule has 1 N–H and O–H groups in total. The van der Waals surface area contributed by atoms with Crippen LogP contribution in [-0.4, -0.2) is 90.0 Å². The standard InChI is InChI=1S/C52H63N5O3SSi/c1-7-8-34-61(59)57-38-43-36-47(51(58)53-44-29-32-56(39-44)37-41-20-12-9-13-21-41)54-50(42-24-18-22-40(35-42)23-19-31-55(5)6)49(43)48(57)30-33-60-62(52(2,3)4,45-25-14-10-15-26-45)46-27-16-11-17-28-46/h9-18,20-22,24-28,35-36,44,48H,7-8,29-34,37-39H2,1-6H3,(H,53,58)/t44-,48-,61?/m1/s1. The maximum atomic E-state index is 14.4. The van der Waals surface area contributed by atoms with Gasteiger partial charge in [0.15, 0.2) is 0 Å². The molecule has 0 aliphatic carbocycles. The number of carbonyl (C=O) groups excluding carboxylic acids is 1. The predicted molar refractivity (Wildman–Crippen MR) is 257 cm³/mol. The van der Waals surface area contributed by atoms with Crippen LogP contribution in [0.1, 0.15) is 92.2 Å². The molecule has 62 heavy (non-hydrogen) atoms. The zero-order valence-corrected chi connectivity index (χ0v) is 39.2. The number of amides is 1. The van der Waals surface area contributed by atoms with Crippen molar-refractivity contribution in [3.05, 3.63) is 149 Å². The molecule has 10 heteroatoms. The zero-order chi connectivity index (χ0) is 43.7. The molecule has 324 valence electrons. The molecule has 5 aromatic rings. The third-order valence-corrected chi connectivity index (χ3v) is 18.7. The Hall–Kier alpha value is -4.57. The van der Waals surface area contributed by atoms with Gasteiger partial charge < -0.3 is 14.3 Å². The molecule has 1 unspecified atom stereocenters. The molecule has 3 heterocycles. The van der Waals surface area contributed by atoms with Gasteiger partial charge in [0.25, 0.3) is 14.2 Å². The van der Waals surface area contributed by atoms with Crippen molar-refractivity contribution in [3.63, 3.8) is 0 Å². The Balaban J connectivity index is 1.25. The summed E-state index contributed by atoms with van der Waals surface area (Å²) in [7, 11) is 1.17. The fourth-order valence-corrected chi connectivity index (χ4v) is 15.2.